The SMILES string of the molecule is O=[N+]([O-])/C=C/c1ccc(-n2cncn2)cc1. The first-order chi connectivity index (χ1) is 7.75. The average molecular weight is 216 g/mol. The van der Waals surface area contributed by atoms with Gasteiger partial charge in [0.1, 0.15) is 12.7 Å². The summed E-state index contributed by atoms with van der Waals surface area (Å²) >= 11 is 0. The van der Waals surface area contributed by atoms with Crippen LogP contribution >= 0.6 is 0 Å². The third kappa shape index (κ3) is 2.30. The summed E-state index contributed by atoms with van der Waals surface area (Å²) < 4.78 is 1.61. The Balaban J connectivity index is 2.20. The number of rotatable bonds is 3. The van der Waals surface area contributed by atoms with Gasteiger partial charge in [-0.2, -0.15) is 5.10 Å². The first kappa shape index (κ1) is 10.0. The molecule has 0 bridgehead atoms. The molecule has 2 rings (SSSR count). The van der Waals surface area contributed by atoms with E-state index in [-0.39, 0.29) is 0 Å². The molecule has 0 amide bonds. The summed E-state index contributed by atoms with van der Waals surface area (Å²) in [6.07, 6.45) is 5.37. The predicted molar refractivity (Wildman–Crippen MR) is 57.4 cm³/mol. The van der Waals surface area contributed by atoms with Crippen LogP contribution in [0.2, 0.25) is 0 Å². The zero-order valence-corrected chi connectivity index (χ0v) is 8.22. The molecule has 0 aliphatic heterocycles. The maximum Gasteiger partial charge on any atom is 0.235 e. The summed E-state index contributed by atoms with van der Waals surface area (Å²) in [5, 5.41) is 14.1. The van der Waals surface area contributed by atoms with Crippen LogP contribution in [0, 0.1) is 10.1 Å². The molecule has 2 aromatic rings. The highest BCUT2D eigenvalue weighted by atomic mass is 16.6. The van der Waals surface area contributed by atoms with E-state index in [9.17, 15) is 10.1 Å². The molecule has 0 unspecified atom stereocenters. The van der Waals surface area contributed by atoms with Crippen LogP contribution in [0.1, 0.15) is 5.56 Å². The van der Waals surface area contributed by atoms with Crippen molar-refractivity contribution in [3.8, 4) is 5.69 Å². The van der Waals surface area contributed by atoms with Crippen molar-refractivity contribution in [2.75, 3.05) is 0 Å². The summed E-state index contributed by atoms with van der Waals surface area (Å²) in [7, 11) is 0. The summed E-state index contributed by atoms with van der Waals surface area (Å²) in [4.78, 5) is 13.5. The Kier molecular flexibility index (Phi) is 2.73. The molecule has 1 aromatic carbocycles. The Bertz CT molecular complexity index is 502. The fourth-order valence-corrected chi connectivity index (χ4v) is 1.23. The summed E-state index contributed by atoms with van der Waals surface area (Å²) in [6, 6.07) is 7.18. The molecule has 0 saturated heterocycles. The van der Waals surface area contributed by atoms with Crippen LogP contribution < -0.4 is 0 Å². The highest BCUT2D eigenvalue weighted by molar-refractivity contribution is 5.50. The van der Waals surface area contributed by atoms with E-state index in [1.165, 1.54) is 12.4 Å². The lowest BCUT2D eigenvalue weighted by atomic mass is 10.2. The van der Waals surface area contributed by atoms with Gasteiger partial charge < -0.3 is 0 Å². The van der Waals surface area contributed by atoms with E-state index in [1.807, 2.05) is 12.1 Å². The molecule has 0 saturated carbocycles. The van der Waals surface area contributed by atoms with Gasteiger partial charge in [0, 0.05) is 6.08 Å². The van der Waals surface area contributed by atoms with Gasteiger partial charge in [-0.3, -0.25) is 10.1 Å². The first-order valence-electron chi connectivity index (χ1n) is 4.52. The lowest BCUT2D eigenvalue weighted by molar-refractivity contribution is -0.400. The minimum atomic E-state index is -0.495. The van der Waals surface area contributed by atoms with E-state index in [4.69, 9.17) is 0 Å². The molecule has 6 nitrogen and oxygen atoms in total. The van der Waals surface area contributed by atoms with Gasteiger partial charge in [-0.05, 0) is 17.7 Å². The molecule has 80 valence electrons. The second-order valence-corrected chi connectivity index (χ2v) is 3.03. The average Bonchev–Trinajstić information content (AvgIpc) is 2.80. The molecule has 0 atom stereocenters. The fraction of sp³-hybridized carbons (Fsp3) is 0. The topological polar surface area (TPSA) is 73.8 Å². The maximum atomic E-state index is 10.1. The van der Waals surface area contributed by atoms with Crippen molar-refractivity contribution in [3.05, 3.63) is 58.8 Å². The van der Waals surface area contributed by atoms with E-state index < -0.39 is 4.92 Å². The monoisotopic (exact) mass is 216 g/mol. The molecule has 6 heteroatoms. The Morgan fingerprint density at radius 1 is 1.31 bits per heavy atom. The predicted octanol–water partition coefficient (Wildman–Crippen LogP) is 1.51. The van der Waals surface area contributed by atoms with Gasteiger partial charge in [-0.1, -0.05) is 12.1 Å². The minimum absolute atomic E-state index is 0.495. The second-order valence-electron chi connectivity index (χ2n) is 3.03. The van der Waals surface area contributed by atoms with Gasteiger partial charge in [0.05, 0.1) is 10.6 Å². The smallest absolute Gasteiger partial charge is 0.235 e. The van der Waals surface area contributed by atoms with E-state index in [1.54, 1.807) is 23.1 Å². The van der Waals surface area contributed by atoms with Crippen LogP contribution in [-0.2, 0) is 0 Å². The molecule has 16 heavy (non-hydrogen) atoms. The molecule has 0 aliphatic carbocycles. The zero-order chi connectivity index (χ0) is 11.4. The number of nitrogens with zero attached hydrogens (tertiary/aromatic N) is 4. The number of hydrogen-bond donors (Lipinski definition) is 0. The number of aromatic nitrogens is 3. The molecular formula is C10H8N4O2. The van der Waals surface area contributed by atoms with Crippen molar-refractivity contribution in [1.82, 2.24) is 14.8 Å². The molecule has 1 aromatic heterocycles. The van der Waals surface area contributed by atoms with Crippen LogP contribution in [0.4, 0.5) is 0 Å². The fourth-order valence-electron chi connectivity index (χ4n) is 1.23. The van der Waals surface area contributed by atoms with Crippen LogP contribution in [0.15, 0.2) is 43.1 Å². The van der Waals surface area contributed by atoms with Crippen molar-refractivity contribution in [2.45, 2.75) is 0 Å². The summed E-state index contributed by atoms with van der Waals surface area (Å²) in [6.45, 7) is 0. The highest BCUT2D eigenvalue weighted by Crippen LogP contribution is 2.09. The Hall–Kier alpha value is -2.50. The lowest BCUT2D eigenvalue weighted by Crippen LogP contribution is -1.93. The standard InChI is InChI=1S/C10H8N4O2/c15-14(16)6-5-9-1-3-10(4-2-9)13-8-11-7-12-13/h1-8H/b6-5+. The van der Waals surface area contributed by atoms with Gasteiger partial charge in [-0.25, -0.2) is 9.67 Å². The van der Waals surface area contributed by atoms with Gasteiger partial charge in [0.2, 0.25) is 6.20 Å². The van der Waals surface area contributed by atoms with Crippen molar-refractivity contribution >= 4 is 6.08 Å². The quantitative estimate of drug-likeness (QED) is 0.575. The number of hydrogen-bond acceptors (Lipinski definition) is 4. The maximum absolute atomic E-state index is 10.1. The third-order valence-corrected chi connectivity index (χ3v) is 1.97. The van der Waals surface area contributed by atoms with E-state index in [0.717, 1.165) is 17.5 Å². The molecule has 1 heterocycles. The van der Waals surface area contributed by atoms with Crippen molar-refractivity contribution < 1.29 is 4.92 Å². The zero-order valence-electron chi connectivity index (χ0n) is 8.22. The molecule has 0 radical (unpaired) electrons. The van der Waals surface area contributed by atoms with Gasteiger partial charge in [0.25, 0.3) is 0 Å². The van der Waals surface area contributed by atoms with E-state index >= 15 is 0 Å². The van der Waals surface area contributed by atoms with Crippen LogP contribution in [-0.4, -0.2) is 19.7 Å². The minimum Gasteiger partial charge on any atom is -0.259 e. The van der Waals surface area contributed by atoms with Crippen molar-refractivity contribution in [3.63, 3.8) is 0 Å². The van der Waals surface area contributed by atoms with Gasteiger partial charge in [0.15, 0.2) is 0 Å². The summed E-state index contributed by atoms with van der Waals surface area (Å²) in [5.41, 5.74) is 1.62. The largest absolute Gasteiger partial charge is 0.259 e. The summed E-state index contributed by atoms with van der Waals surface area (Å²) in [5.74, 6) is 0. The highest BCUT2D eigenvalue weighted by Gasteiger charge is 1.96. The molecule has 0 N–H and O–H groups in total. The van der Waals surface area contributed by atoms with Crippen molar-refractivity contribution in [1.29, 1.82) is 0 Å². The number of nitro groups is 1. The Morgan fingerprint density at radius 3 is 2.62 bits per heavy atom. The second kappa shape index (κ2) is 4.35. The van der Waals surface area contributed by atoms with Gasteiger partial charge >= 0.3 is 0 Å². The van der Waals surface area contributed by atoms with E-state index in [2.05, 4.69) is 10.1 Å². The van der Waals surface area contributed by atoms with Gasteiger partial charge in [-0.15, -0.1) is 0 Å². The van der Waals surface area contributed by atoms with Crippen LogP contribution in [0.3, 0.4) is 0 Å². The normalized spacial score (nSPS) is 10.8. The first-order valence-corrected chi connectivity index (χ1v) is 4.52. The molecule has 0 aliphatic rings. The lowest BCUT2D eigenvalue weighted by Gasteiger charge is -1.99. The van der Waals surface area contributed by atoms with Crippen molar-refractivity contribution in [2.24, 2.45) is 0 Å². The molecule has 0 spiro atoms. The van der Waals surface area contributed by atoms with E-state index in [0.29, 0.717) is 0 Å². The Labute approximate surface area is 91.0 Å². The third-order valence-electron chi connectivity index (χ3n) is 1.97. The number of benzene rings is 1. The molecular weight excluding hydrogens is 208 g/mol. The Morgan fingerprint density at radius 2 is 2.06 bits per heavy atom. The molecule has 0 fully saturated rings. The van der Waals surface area contributed by atoms with Crippen LogP contribution in [0.5, 0.6) is 0 Å². The van der Waals surface area contributed by atoms with Crippen LogP contribution in [0.25, 0.3) is 11.8 Å².